The molecule has 3 rings (SSSR count). The number of hydrogen-bond acceptors (Lipinski definition) is 5. The van der Waals surface area contributed by atoms with Crippen LogP contribution < -0.4 is 14.8 Å². The number of thiophene rings is 1. The molecule has 1 aromatic carbocycles. The fraction of sp³-hybridized carbons (Fsp3) is 0.294. The largest absolute Gasteiger partial charge is 0.486 e. The van der Waals surface area contributed by atoms with Crippen molar-refractivity contribution in [2.75, 3.05) is 18.5 Å². The zero-order valence-electron chi connectivity index (χ0n) is 13.3. The maximum Gasteiger partial charge on any atom is 0.339 e. The zero-order valence-corrected chi connectivity index (χ0v) is 14.2. The molecule has 0 saturated heterocycles. The predicted octanol–water partition coefficient (Wildman–Crippen LogP) is 3.34. The number of carbonyl (C=O) groups excluding carboxylic acids is 1. The Hall–Kier alpha value is -2.54. The molecule has 2 heterocycles. The van der Waals surface area contributed by atoms with Crippen LogP contribution in [-0.2, 0) is 6.42 Å². The molecule has 0 aliphatic carbocycles. The molecule has 1 amide bonds. The average molecular weight is 347 g/mol. The summed E-state index contributed by atoms with van der Waals surface area (Å²) in [4.78, 5) is 24.9. The third kappa shape index (κ3) is 2.94. The summed E-state index contributed by atoms with van der Waals surface area (Å²) >= 11 is 1.28. The average Bonchev–Trinajstić information content (AvgIpc) is 2.89. The highest BCUT2D eigenvalue weighted by atomic mass is 32.1. The third-order valence-electron chi connectivity index (χ3n) is 3.81. The molecular formula is C17H17NO5S. The van der Waals surface area contributed by atoms with E-state index >= 15 is 0 Å². The molecule has 0 saturated carbocycles. The molecule has 24 heavy (non-hydrogen) atoms. The van der Waals surface area contributed by atoms with Crippen molar-refractivity contribution in [3.05, 3.63) is 39.8 Å². The molecule has 126 valence electrons. The van der Waals surface area contributed by atoms with Crippen molar-refractivity contribution in [3.63, 3.8) is 0 Å². The number of aryl methyl sites for hydroxylation is 1. The van der Waals surface area contributed by atoms with Gasteiger partial charge in [0.1, 0.15) is 18.2 Å². The lowest BCUT2D eigenvalue weighted by Gasteiger charge is -2.18. The lowest BCUT2D eigenvalue weighted by Crippen LogP contribution is -2.17. The van der Waals surface area contributed by atoms with Crippen molar-refractivity contribution >= 4 is 28.2 Å². The summed E-state index contributed by atoms with van der Waals surface area (Å²) in [7, 11) is 0. The van der Waals surface area contributed by atoms with Crippen LogP contribution in [0, 0.1) is 6.92 Å². The number of amides is 1. The molecule has 6 nitrogen and oxygen atoms in total. The van der Waals surface area contributed by atoms with E-state index in [1.54, 1.807) is 18.2 Å². The van der Waals surface area contributed by atoms with Gasteiger partial charge in [-0.15, -0.1) is 11.3 Å². The molecule has 0 atom stereocenters. The Morgan fingerprint density at radius 3 is 2.62 bits per heavy atom. The first kappa shape index (κ1) is 16.3. The van der Waals surface area contributed by atoms with Crippen LogP contribution in [0.1, 0.15) is 38.1 Å². The second-order valence-electron chi connectivity index (χ2n) is 5.31. The van der Waals surface area contributed by atoms with Crippen molar-refractivity contribution in [1.29, 1.82) is 0 Å². The van der Waals surface area contributed by atoms with Crippen molar-refractivity contribution in [2.45, 2.75) is 20.3 Å². The van der Waals surface area contributed by atoms with Gasteiger partial charge in [-0.3, -0.25) is 4.79 Å². The Kier molecular flexibility index (Phi) is 4.44. The van der Waals surface area contributed by atoms with Crippen molar-refractivity contribution < 1.29 is 24.2 Å². The van der Waals surface area contributed by atoms with Crippen LogP contribution in [0.25, 0.3) is 0 Å². The number of carboxylic acids is 1. The first-order valence-corrected chi connectivity index (χ1v) is 8.39. The highest BCUT2D eigenvalue weighted by Gasteiger charge is 2.23. The second-order valence-corrected chi connectivity index (χ2v) is 6.54. The molecule has 0 bridgehead atoms. The number of carbonyl (C=O) groups is 2. The van der Waals surface area contributed by atoms with Crippen LogP contribution in [-0.4, -0.2) is 30.2 Å². The topological polar surface area (TPSA) is 84.9 Å². The molecule has 0 radical (unpaired) electrons. The quantitative estimate of drug-likeness (QED) is 0.886. The predicted molar refractivity (Wildman–Crippen MR) is 90.8 cm³/mol. The number of fused-ring (bicyclic) bond motifs is 1. The van der Waals surface area contributed by atoms with Gasteiger partial charge in [0.2, 0.25) is 0 Å². The van der Waals surface area contributed by atoms with Gasteiger partial charge in [-0.1, -0.05) is 6.92 Å². The first-order valence-electron chi connectivity index (χ1n) is 7.57. The monoisotopic (exact) mass is 347 g/mol. The Bertz CT molecular complexity index is 812. The minimum absolute atomic E-state index is 0.172. The Morgan fingerprint density at radius 2 is 1.96 bits per heavy atom. The Labute approximate surface area is 143 Å². The highest BCUT2D eigenvalue weighted by Crippen LogP contribution is 2.35. The number of carboxylic acid groups (broad SMARTS) is 1. The highest BCUT2D eigenvalue weighted by molar-refractivity contribution is 7.16. The van der Waals surface area contributed by atoms with Crippen molar-refractivity contribution in [2.24, 2.45) is 0 Å². The van der Waals surface area contributed by atoms with E-state index in [0.717, 1.165) is 10.4 Å². The minimum atomic E-state index is -1.03. The summed E-state index contributed by atoms with van der Waals surface area (Å²) in [5, 5.41) is 12.5. The van der Waals surface area contributed by atoms with Gasteiger partial charge in [-0.2, -0.15) is 0 Å². The summed E-state index contributed by atoms with van der Waals surface area (Å²) in [5.41, 5.74) is 1.32. The van der Waals surface area contributed by atoms with Gasteiger partial charge in [0.15, 0.2) is 11.5 Å². The summed E-state index contributed by atoms with van der Waals surface area (Å²) in [6.45, 7) is 4.67. The number of hydrogen-bond donors (Lipinski definition) is 2. The van der Waals surface area contributed by atoms with Crippen LogP contribution in [0.5, 0.6) is 11.5 Å². The van der Waals surface area contributed by atoms with Gasteiger partial charge in [-0.05, 0) is 37.1 Å². The molecule has 2 N–H and O–H groups in total. The number of aromatic carboxylic acids is 1. The van der Waals surface area contributed by atoms with Crippen LogP contribution >= 0.6 is 11.3 Å². The van der Waals surface area contributed by atoms with E-state index in [0.29, 0.717) is 41.7 Å². The van der Waals surface area contributed by atoms with Crippen molar-refractivity contribution in [3.8, 4) is 11.5 Å². The molecule has 0 spiro atoms. The van der Waals surface area contributed by atoms with Crippen LogP contribution in [0.3, 0.4) is 0 Å². The third-order valence-corrected chi connectivity index (χ3v) is 4.87. The number of benzene rings is 1. The molecular weight excluding hydrogens is 330 g/mol. The molecule has 1 aliphatic rings. The van der Waals surface area contributed by atoms with Gasteiger partial charge in [0, 0.05) is 10.4 Å². The number of nitrogens with one attached hydrogen (secondary N) is 1. The van der Waals surface area contributed by atoms with E-state index in [4.69, 9.17) is 9.47 Å². The summed E-state index contributed by atoms with van der Waals surface area (Å²) < 4.78 is 10.9. The van der Waals surface area contributed by atoms with Gasteiger partial charge in [-0.25, -0.2) is 4.79 Å². The zero-order chi connectivity index (χ0) is 17.3. The minimum Gasteiger partial charge on any atom is -0.486 e. The standard InChI is InChI=1S/C17H17NO5S/c1-3-11-9(2)24-16(14(11)17(20)21)18-15(19)10-4-5-12-13(8-10)23-7-6-22-12/h4-5,8H,3,6-7H2,1-2H3,(H,18,19)(H,20,21). The Morgan fingerprint density at radius 1 is 1.25 bits per heavy atom. The van der Waals surface area contributed by atoms with Gasteiger partial charge in [0.25, 0.3) is 5.91 Å². The van der Waals surface area contributed by atoms with E-state index in [1.165, 1.54) is 11.3 Å². The molecule has 2 aromatic rings. The van der Waals surface area contributed by atoms with E-state index in [2.05, 4.69) is 5.32 Å². The van der Waals surface area contributed by atoms with E-state index in [-0.39, 0.29) is 11.5 Å². The summed E-state index contributed by atoms with van der Waals surface area (Å²) in [5.74, 6) is -0.291. The second kappa shape index (κ2) is 6.52. The Balaban J connectivity index is 1.89. The fourth-order valence-electron chi connectivity index (χ4n) is 2.68. The molecule has 1 aliphatic heterocycles. The van der Waals surface area contributed by atoms with Gasteiger partial charge in [0.05, 0.1) is 5.56 Å². The lowest BCUT2D eigenvalue weighted by atomic mass is 10.1. The maximum atomic E-state index is 12.5. The SMILES string of the molecule is CCc1c(C)sc(NC(=O)c2ccc3c(c2)OCCO3)c1C(=O)O. The van der Waals surface area contributed by atoms with Gasteiger partial charge < -0.3 is 19.9 Å². The molecule has 7 heteroatoms. The van der Waals surface area contributed by atoms with Crippen LogP contribution in [0.4, 0.5) is 5.00 Å². The summed E-state index contributed by atoms with van der Waals surface area (Å²) in [6.07, 6.45) is 0.601. The van der Waals surface area contributed by atoms with E-state index in [1.807, 2.05) is 13.8 Å². The number of ether oxygens (including phenoxy) is 2. The van der Waals surface area contributed by atoms with Crippen LogP contribution in [0.2, 0.25) is 0 Å². The molecule has 1 aromatic heterocycles. The van der Waals surface area contributed by atoms with Crippen molar-refractivity contribution in [1.82, 2.24) is 0 Å². The van der Waals surface area contributed by atoms with E-state index in [9.17, 15) is 14.7 Å². The maximum absolute atomic E-state index is 12.5. The molecule has 0 fully saturated rings. The number of rotatable bonds is 4. The lowest BCUT2D eigenvalue weighted by molar-refractivity contribution is 0.0697. The summed E-state index contributed by atoms with van der Waals surface area (Å²) in [6, 6.07) is 4.91. The van der Waals surface area contributed by atoms with Gasteiger partial charge >= 0.3 is 5.97 Å². The molecule has 0 unspecified atom stereocenters. The first-order chi connectivity index (χ1) is 11.5. The fourth-order valence-corrected chi connectivity index (χ4v) is 3.81. The normalized spacial score (nSPS) is 12.8. The number of anilines is 1. The van der Waals surface area contributed by atoms with Crippen LogP contribution in [0.15, 0.2) is 18.2 Å². The van der Waals surface area contributed by atoms with E-state index < -0.39 is 5.97 Å². The smallest absolute Gasteiger partial charge is 0.339 e.